The van der Waals surface area contributed by atoms with Crippen LogP contribution in [-0.2, 0) is 17.9 Å². The minimum absolute atomic E-state index is 0.159. The molecule has 0 unspecified atom stereocenters. The lowest BCUT2D eigenvalue weighted by Crippen LogP contribution is -2.07. The fourth-order valence-electron chi connectivity index (χ4n) is 2.77. The van der Waals surface area contributed by atoms with Crippen molar-refractivity contribution in [1.29, 1.82) is 0 Å². The Bertz CT molecular complexity index is 887. The number of hydrogen-bond donors (Lipinski definition) is 1. The molecule has 0 amide bonds. The van der Waals surface area contributed by atoms with Gasteiger partial charge in [-0.1, -0.05) is 30.3 Å². The van der Waals surface area contributed by atoms with Crippen LogP contribution in [0.4, 0.5) is 0 Å². The summed E-state index contributed by atoms with van der Waals surface area (Å²) in [6, 6.07) is 12.9. The van der Waals surface area contributed by atoms with Crippen molar-refractivity contribution in [3.63, 3.8) is 0 Å². The van der Waals surface area contributed by atoms with Gasteiger partial charge in [-0.3, -0.25) is 0 Å². The normalized spacial score (nSPS) is 11.0. The van der Waals surface area contributed by atoms with Crippen LogP contribution < -0.4 is 4.74 Å². The summed E-state index contributed by atoms with van der Waals surface area (Å²) < 4.78 is 13.1. The van der Waals surface area contributed by atoms with E-state index in [9.17, 15) is 9.90 Å². The highest BCUT2D eigenvalue weighted by Gasteiger charge is 2.17. The molecule has 0 spiro atoms. The molecule has 1 N–H and O–H groups in total. The van der Waals surface area contributed by atoms with Crippen molar-refractivity contribution in [3.8, 4) is 5.75 Å². The van der Waals surface area contributed by atoms with Gasteiger partial charge in [0.1, 0.15) is 23.7 Å². The Labute approximate surface area is 145 Å². The van der Waals surface area contributed by atoms with Gasteiger partial charge < -0.3 is 19.1 Å². The maximum absolute atomic E-state index is 11.4. The van der Waals surface area contributed by atoms with Crippen molar-refractivity contribution in [2.45, 2.75) is 20.1 Å². The molecule has 0 fully saturated rings. The Morgan fingerprint density at radius 3 is 2.68 bits per heavy atom. The van der Waals surface area contributed by atoms with Crippen LogP contribution in [-0.4, -0.2) is 34.3 Å². The zero-order valence-electron chi connectivity index (χ0n) is 14.2. The summed E-state index contributed by atoms with van der Waals surface area (Å²) in [6.45, 7) is 3.39. The first-order valence-corrected chi connectivity index (χ1v) is 8.00. The number of benzene rings is 2. The van der Waals surface area contributed by atoms with Gasteiger partial charge in [-0.05, 0) is 24.6 Å². The third kappa shape index (κ3) is 3.64. The van der Waals surface area contributed by atoms with Crippen LogP contribution in [0.3, 0.4) is 0 Å². The number of aromatic nitrogens is 2. The largest absolute Gasteiger partial charge is 0.487 e. The fourth-order valence-corrected chi connectivity index (χ4v) is 2.77. The van der Waals surface area contributed by atoms with Gasteiger partial charge in [-0.25, -0.2) is 9.78 Å². The molecule has 0 bridgehead atoms. The van der Waals surface area contributed by atoms with Gasteiger partial charge in [0, 0.05) is 13.7 Å². The molecule has 1 heterocycles. The van der Waals surface area contributed by atoms with Crippen LogP contribution >= 0.6 is 0 Å². The molecule has 3 rings (SSSR count). The Morgan fingerprint density at radius 1 is 1.24 bits per heavy atom. The fraction of sp³-hybridized carbons (Fsp3) is 0.263. The first kappa shape index (κ1) is 17.0. The average Bonchev–Trinajstić information content (AvgIpc) is 2.93. The standard InChI is InChI=1S/C19H20N2O4/c1-13-20-16-10-15(19(22)23)11-17(18(16)21(13)8-9-24-2)25-12-14-6-4-3-5-7-14/h3-7,10-11H,8-9,12H2,1-2H3,(H,22,23). The second-order valence-corrected chi connectivity index (χ2v) is 5.72. The van der Waals surface area contributed by atoms with Gasteiger partial charge in [0.25, 0.3) is 0 Å². The van der Waals surface area contributed by atoms with E-state index in [4.69, 9.17) is 9.47 Å². The van der Waals surface area contributed by atoms with Crippen molar-refractivity contribution in [2.24, 2.45) is 0 Å². The van der Waals surface area contributed by atoms with E-state index in [0.29, 0.717) is 31.0 Å². The molecule has 2 aromatic carbocycles. The van der Waals surface area contributed by atoms with Crippen LogP contribution in [0.1, 0.15) is 21.7 Å². The average molecular weight is 340 g/mol. The quantitative estimate of drug-likeness (QED) is 0.714. The lowest BCUT2D eigenvalue weighted by atomic mass is 10.1. The first-order chi connectivity index (χ1) is 12.1. The Morgan fingerprint density at radius 2 is 2.00 bits per heavy atom. The van der Waals surface area contributed by atoms with E-state index < -0.39 is 5.97 Å². The highest BCUT2D eigenvalue weighted by atomic mass is 16.5. The summed E-state index contributed by atoms with van der Waals surface area (Å²) >= 11 is 0. The van der Waals surface area contributed by atoms with E-state index in [1.807, 2.05) is 41.8 Å². The number of aryl methyl sites for hydroxylation is 1. The third-order valence-corrected chi connectivity index (χ3v) is 4.00. The Hall–Kier alpha value is -2.86. The molecule has 0 aliphatic rings. The van der Waals surface area contributed by atoms with E-state index in [1.165, 1.54) is 0 Å². The number of carboxylic acids is 1. The number of aromatic carboxylic acids is 1. The van der Waals surface area contributed by atoms with E-state index in [1.54, 1.807) is 19.2 Å². The second-order valence-electron chi connectivity index (χ2n) is 5.72. The zero-order chi connectivity index (χ0) is 17.8. The van der Waals surface area contributed by atoms with Crippen LogP contribution in [0.15, 0.2) is 42.5 Å². The molecule has 1 aromatic heterocycles. The Kier molecular flexibility index (Phi) is 5.00. The van der Waals surface area contributed by atoms with E-state index in [0.717, 1.165) is 16.9 Å². The summed E-state index contributed by atoms with van der Waals surface area (Å²) in [7, 11) is 1.64. The second kappa shape index (κ2) is 7.36. The number of fused-ring (bicyclic) bond motifs is 1. The molecule has 0 aliphatic carbocycles. The predicted molar refractivity (Wildman–Crippen MR) is 94.1 cm³/mol. The first-order valence-electron chi connectivity index (χ1n) is 8.00. The van der Waals surface area contributed by atoms with Gasteiger partial charge in [-0.2, -0.15) is 0 Å². The molecule has 0 aliphatic heterocycles. The van der Waals surface area contributed by atoms with Gasteiger partial charge in [0.2, 0.25) is 0 Å². The van der Waals surface area contributed by atoms with E-state index in [-0.39, 0.29) is 5.56 Å². The number of rotatable bonds is 7. The molecule has 25 heavy (non-hydrogen) atoms. The zero-order valence-corrected chi connectivity index (χ0v) is 14.2. The number of imidazole rings is 1. The van der Waals surface area contributed by atoms with E-state index >= 15 is 0 Å². The maximum Gasteiger partial charge on any atom is 0.335 e. The Balaban J connectivity index is 2.04. The third-order valence-electron chi connectivity index (χ3n) is 4.00. The maximum atomic E-state index is 11.4. The number of methoxy groups -OCH3 is 1. The molecule has 6 nitrogen and oxygen atoms in total. The van der Waals surface area contributed by atoms with Gasteiger partial charge >= 0.3 is 5.97 Å². The lowest BCUT2D eigenvalue weighted by Gasteiger charge is -2.12. The summed E-state index contributed by atoms with van der Waals surface area (Å²) in [4.78, 5) is 15.9. The SMILES string of the molecule is COCCn1c(C)nc2cc(C(=O)O)cc(OCc3ccccc3)c21. The van der Waals surface area contributed by atoms with Crippen molar-refractivity contribution in [1.82, 2.24) is 9.55 Å². The van der Waals surface area contributed by atoms with Crippen molar-refractivity contribution < 1.29 is 19.4 Å². The highest BCUT2D eigenvalue weighted by Crippen LogP contribution is 2.29. The minimum atomic E-state index is -1.00. The summed E-state index contributed by atoms with van der Waals surface area (Å²) in [5, 5.41) is 9.36. The van der Waals surface area contributed by atoms with Crippen LogP contribution in [0.2, 0.25) is 0 Å². The van der Waals surface area contributed by atoms with Crippen LogP contribution in [0, 0.1) is 6.92 Å². The molecule has 3 aromatic rings. The predicted octanol–water partition coefficient (Wildman–Crippen LogP) is 3.27. The molecule has 0 saturated heterocycles. The minimum Gasteiger partial charge on any atom is -0.487 e. The highest BCUT2D eigenvalue weighted by molar-refractivity contribution is 5.95. The van der Waals surface area contributed by atoms with Crippen molar-refractivity contribution in [2.75, 3.05) is 13.7 Å². The topological polar surface area (TPSA) is 73.6 Å². The molecule has 0 radical (unpaired) electrons. The van der Waals surface area contributed by atoms with Crippen LogP contribution in [0.25, 0.3) is 11.0 Å². The molecule has 130 valence electrons. The molecular weight excluding hydrogens is 320 g/mol. The monoisotopic (exact) mass is 340 g/mol. The number of ether oxygens (including phenoxy) is 2. The number of carboxylic acid groups (broad SMARTS) is 1. The molecular formula is C19H20N2O4. The van der Waals surface area contributed by atoms with Crippen molar-refractivity contribution >= 4 is 17.0 Å². The number of nitrogens with zero attached hydrogens (tertiary/aromatic N) is 2. The molecule has 0 saturated carbocycles. The number of hydrogen-bond acceptors (Lipinski definition) is 4. The van der Waals surface area contributed by atoms with Crippen LogP contribution in [0.5, 0.6) is 5.75 Å². The lowest BCUT2D eigenvalue weighted by molar-refractivity contribution is 0.0696. The number of carbonyl (C=O) groups is 1. The van der Waals surface area contributed by atoms with Crippen molar-refractivity contribution in [3.05, 3.63) is 59.4 Å². The summed E-state index contributed by atoms with van der Waals surface area (Å²) in [6.07, 6.45) is 0. The molecule has 6 heteroatoms. The van der Waals surface area contributed by atoms with Gasteiger partial charge in [-0.15, -0.1) is 0 Å². The smallest absolute Gasteiger partial charge is 0.335 e. The molecule has 0 atom stereocenters. The van der Waals surface area contributed by atoms with Gasteiger partial charge in [0.15, 0.2) is 0 Å². The van der Waals surface area contributed by atoms with E-state index in [2.05, 4.69) is 4.98 Å². The summed E-state index contributed by atoms with van der Waals surface area (Å²) in [5.41, 5.74) is 2.56. The summed E-state index contributed by atoms with van der Waals surface area (Å²) in [5.74, 6) is 0.296. The van der Waals surface area contributed by atoms with Gasteiger partial charge in [0.05, 0.1) is 17.7 Å².